The van der Waals surface area contributed by atoms with Crippen LogP contribution in [-0.2, 0) is 7.05 Å². The normalized spacial score (nSPS) is 12.0. The van der Waals surface area contributed by atoms with Crippen molar-refractivity contribution in [1.82, 2.24) is 4.57 Å². The van der Waals surface area contributed by atoms with Crippen LogP contribution >= 0.6 is 34.3 Å². The molecule has 0 aromatic carbocycles. The maximum absolute atomic E-state index is 11.7. The van der Waals surface area contributed by atoms with Crippen molar-refractivity contribution in [3.63, 3.8) is 0 Å². The first-order valence-corrected chi connectivity index (χ1v) is 6.19. The number of carbonyl (C=O) groups is 1. The van der Waals surface area contributed by atoms with Gasteiger partial charge < -0.3 is 4.57 Å². The summed E-state index contributed by atoms with van der Waals surface area (Å²) in [4.78, 5) is 16.9. The summed E-state index contributed by atoms with van der Waals surface area (Å²) < 4.78 is 2.40. The zero-order chi connectivity index (χ0) is 10.8. The van der Waals surface area contributed by atoms with Gasteiger partial charge in [0, 0.05) is 18.6 Å². The fourth-order valence-corrected chi connectivity index (χ4v) is 2.66. The molecular formula is C9H7ClN2OS2. The van der Waals surface area contributed by atoms with Crippen LogP contribution in [0.3, 0.4) is 0 Å². The molecule has 6 heteroatoms. The molecule has 0 aliphatic carbocycles. The SMILES string of the molecule is Cn1ccsc1=NC(=O)c1ccc(Cl)s1. The molecule has 78 valence electrons. The number of halogens is 1. The lowest BCUT2D eigenvalue weighted by Crippen LogP contribution is -2.11. The van der Waals surface area contributed by atoms with Crippen molar-refractivity contribution in [2.75, 3.05) is 0 Å². The summed E-state index contributed by atoms with van der Waals surface area (Å²) in [5, 5.41) is 1.88. The third-order valence-electron chi connectivity index (χ3n) is 1.74. The molecule has 2 rings (SSSR count). The number of aryl methyl sites for hydroxylation is 1. The van der Waals surface area contributed by atoms with Crippen molar-refractivity contribution in [2.24, 2.45) is 12.0 Å². The highest BCUT2D eigenvalue weighted by Crippen LogP contribution is 2.21. The summed E-state index contributed by atoms with van der Waals surface area (Å²) >= 11 is 8.41. The standard InChI is InChI=1S/C9H7ClN2OS2/c1-12-4-5-14-9(12)11-8(13)6-2-3-7(10)15-6/h2-5H,1H3. The molecule has 2 aromatic heterocycles. The highest BCUT2D eigenvalue weighted by molar-refractivity contribution is 7.18. The van der Waals surface area contributed by atoms with E-state index < -0.39 is 0 Å². The molecule has 0 saturated heterocycles. The first-order chi connectivity index (χ1) is 7.16. The molecule has 2 heterocycles. The largest absolute Gasteiger partial charge is 0.327 e. The van der Waals surface area contributed by atoms with E-state index in [4.69, 9.17) is 11.6 Å². The van der Waals surface area contributed by atoms with Crippen LogP contribution in [0.2, 0.25) is 4.34 Å². The van der Waals surface area contributed by atoms with Crippen LogP contribution in [0.5, 0.6) is 0 Å². The fourth-order valence-electron chi connectivity index (χ4n) is 1.01. The smallest absolute Gasteiger partial charge is 0.289 e. The number of thiazole rings is 1. The highest BCUT2D eigenvalue weighted by Gasteiger charge is 2.07. The molecule has 0 radical (unpaired) electrons. The minimum absolute atomic E-state index is 0.245. The summed E-state index contributed by atoms with van der Waals surface area (Å²) in [6.07, 6.45) is 1.86. The van der Waals surface area contributed by atoms with Gasteiger partial charge >= 0.3 is 0 Å². The van der Waals surface area contributed by atoms with Gasteiger partial charge in [-0.1, -0.05) is 11.6 Å². The third kappa shape index (κ3) is 2.37. The zero-order valence-electron chi connectivity index (χ0n) is 7.81. The van der Waals surface area contributed by atoms with Crippen molar-refractivity contribution >= 4 is 40.2 Å². The topological polar surface area (TPSA) is 34.4 Å². The first-order valence-electron chi connectivity index (χ1n) is 4.11. The molecule has 3 nitrogen and oxygen atoms in total. The lowest BCUT2D eigenvalue weighted by Gasteiger charge is -1.89. The molecule has 0 saturated carbocycles. The first kappa shape index (κ1) is 10.6. The number of nitrogens with zero attached hydrogens (tertiary/aromatic N) is 2. The van der Waals surface area contributed by atoms with E-state index in [-0.39, 0.29) is 5.91 Å². The number of amides is 1. The average molecular weight is 259 g/mol. The van der Waals surface area contributed by atoms with Crippen molar-refractivity contribution < 1.29 is 4.79 Å². The van der Waals surface area contributed by atoms with Crippen LogP contribution in [0, 0.1) is 0 Å². The van der Waals surface area contributed by atoms with Crippen molar-refractivity contribution in [2.45, 2.75) is 0 Å². The minimum Gasteiger partial charge on any atom is -0.327 e. The second kappa shape index (κ2) is 4.30. The summed E-state index contributed by atoms with van der Waals surface area (Å²) in [6.45, 7) is 0. The van der Waals surface area contributed by atoms with Gasteiger partial charge in [0.25, 0.3) is 5.91 Å². The van der Waals surface area contributed by atoms with E-state index in [2.05, 4.69) is 4.99 Å². The molecule has 0 N–H and O–H groups in total. The number of hydrogen-bond donors (Lipinski definition) is 0. The quantitative estimate of drug-likeness (QED) is 0.774. The van der Waals surface area contributed by atoms with Gasteiger partial charge in [-0.2, -0.15) is 4.99 Å². The minimum atomic E-state index is -0.245. The molecule has 15 heavy (non-hydrogen) atoms. The van der Waals surface area contributed by atoms with Gasteiger partial charge in [0.1, 0.15) is 0 Å². The Bertz CT molecular complexity index is 552. The zero-order valence-corrected chi connectivity index (χ0v) is 10.2. The Morgan fingerprint density at radius 1 is 1.53 bits per heavy atom. The van der Waals surface area contributed by atoms with Crippen molar-refractivity contribution in [3.05, 3.63) is 37.7 Å². The van der Waals surface area contributed by atoms with E-state index in [0.29, 0.717) is 14.0 Å². The molecule has 0 bridgehead atoms. The van der Waals surface area contributed by atoms with E-state index in [0.717, 1.165) is 0 Å². The molecule has 0 atom stereocenters. The van der Waals surface area contributed by atoms with E-state index in [1.165, 1.54) is 22.7 Å². The number of hydrogen-bond acceptors (Lipinski definition) is 3. The Morgan fingerprint density at radius 3 is 2.87 bits per heavy atom. The molecule has 0 fully saturated rings. The molecule has 0 aliphatic rings. The van der Waals surface area contributed by atoms with Crippen molar-refractivity contribution in [1.29, 1.82) is 0 Å². The second-order valence-electron chi connectivity index (χ2n) is 2.82. The van der Waals surface area contributed by atoms with E-state index in [1.807, 2.05) is 18.6 Å². The van der Waals surface area contributed by atoms with E-state index in [9.17, 15) is 4.79 Å². The Labute approximate surface area is 99.3 Å². The van der Waals surface area contributed by atoms with Gasteiger partial charge in [-0.15, -0.1) is 22.7 Å². The van der Waals surface area contributed by atoms with Gasteiger partial charge in [-0.25, -0.2) is 0 Å². The summed E-state index contributed by atoms with van der Waals surface area (Å²) in [7, 11) is 1.85. The number of aromatic nitrogens is 1. The average Bonchev–Trinajstić information content (AvgIpc) is 2.77. The Kier molecular flexibility index (Phi) is 3.04. The van der Waals surface area contributed by atoms with Crippen LogP contribution in [0.4, 0.5) is 0 Å². The highest BCUT2D eigenvalue weighted by atomic mass is 35.5. The summed E-state index contributed by atoms with van der Waals surface area (Å²) in [5.41, 5.74) is 0. The summed E-state index contributed by atoms with van der Waals surface area (Å²) in [5.74, 6) is -0.245. The van der Waals surface area contributed by atoms with Gasteiger partial charge in [0.15, 0.2) is 4.80 Å². The lowest BCUT2D eigenvalue weighted by molar-refractivity contribution is 0.100. The van der Waals surface area contributed by atoms with Crippen LogP contribution < -0.4 is 4.80 Å². The number of carbonyl (C=O) groups excluding carboxylic acids is 1. The van der Waals surface area contributed by atoms with Crippen LogP contribution in [-0.4, -0.2) is 10.5 Å². The molecule has 2 aromatic rings. The monoisotopic (exact) mass is 258 g/mol. The van der Waals surface area contributed by atoms with Crippen molar-refractivity contribution in [3.8, 4) is 0 Å². The predicted molar refractivity (Wildman–Crippen MR) is 62.5 cm³/mol. The van der Waals surface area contributed by atoms with E-state index in [1.54, 1.807) is 16.7 Å². The number of rotatable bonds is 1. The third-order valence-corrected chi connectivity index (χ3v) is 3.81. The Hall–Kier alpha value is -0.910. The Morgan fingerprint density at radius 2 is 2.33 bits per heavy atom. The van der Waals surface area contributed by atoms with Gasteiger partial charge in [-0.3, -0.25) is 4.79 Å². The van der Waals surface area contributed by atoms with Crippen LogP contribution in [0.15, 0.2) is 28.7 Å². The number of thiophene rings is 1. The predicted octanol–water partition coefficient (Wildman–Crippen LogP) is 2.54. The second-order valence-corrected chi connectivity index (χ2v) is 5.41. The maximum atomic E-state index is 11.7. The lowest BCUT2D eigenvalue weighted by atomic mass is 10.4. The molecule has 0 unspecified atom stereocenters. The fraction of sp³-hybridized carbons (Fsp3) is 0.111. The summed E-state index contributed by atoms with van der Waals surface area (Å²) in [6, 6.07) is 3.38. The van der Waals surface area contributed by atoms with Gasteiger partial charge in [0.2, 0.25) is 0 Å². The van der Waals surface area contributed by atoms with Gasteiger partial charge in [0.05, 0.1) is 9.21 Å². The molecule has 0 aliphatic heterocycles. The van der Waals surface area contributed by atoms with Gasteiger partial charge in [-0.05, 0) is 12.1 Å². The molecule has 1 amide bonds. The van der Waals surface area contributed by atoms with Crippen LogP contribution in [0.25, 0.3) is 0 Å². The van der Waals surface area contributed by atoms with Crippen LogP contribution in [0.1, 0.15) is 9.67 Å². The maximum Gasteiger partial charge on any atom is 0.289 e. The molecular weight excluding hydrogens is 252 g/mol. The van der Waals surface area contributed by atoms with E-state index >= 15 is 0 Å². The Balaban J connectivity index is 2.35. The molecule has 0 spiro atoms.